The lowest BCUT2D eigenvalue weighted by Crippen LogP contribution is -2.52. The van der Waals surface area contributed by atoms with Crippen LogP contribution in [-0.4, -0.2) is 71.1 Å². The van der Waals surface area contributed by atoms with Crippen LogP contribution in [0.4, 0.5) is 10.2 Å². The van der Waals surface area contributed by atoms with Crippen LogP contribution < -0.4 is 4.90 Å². The number of amides is 2. The first kappa shape index (κ1) is 25.3. The van der Waals surface area contributed by atoms with Crippen LogP contribution >= 0.6 is 0 Å². The van der Waals surface area contributed by atoms with Crippen LogP contribution in [0.3, 0.4) is 0 Å². The molecule has 3 aromatic rings. The number of halogens is 1. The van der Waals surface area contributed by atoms with Gasteiger partial charge in [-0.1, -0.05) is 55.8 Å². The zero-order chi connectivity index (χ0) is 25.7. The first-order chi connectivity index (χ1) is 17.3. The monoisotopic (exact) mass is 489 g/mol. The summed E-state index contributed by atoms with van der Waals surface area (Å²) in [5.74, 6) is -0.258. The number of carbonyl (C=O) groups is 2. The summed E-state index contributed by atoms with van der Waals surface area (Å²) in [5, 5.41) is 8.78. The van der Waals surface area contributed by atoms with Crippen molar-refractivity contribution in [1.29, 1.82) is 0 Å². The second-order valence-electron chi connectivity index (χ2n) is 9.57. The molecule has 0 bridgehead atoms. The SMILES string of the molecule is Cc1ccc(-c2ccc(N3CCN(C(=O)CN(CC(C)C)C(=O)c4ccccc4F)CC3)nn2)cc1. The Bertz CT molecular complexity index is 1190. The van der Waals surface area contributed by atoms with E-state index in [0.717, 1.165) is 17.1 Å². The third kappa shape index (κ3) is 6.05. The Hall–Kier alpha value is -3.81. The lowest BCUT2D eigenvalue weighted by atomic mass is 10.1. The third-order valence-corrected chi connectivity index (χ3v) is 6.26. The maximum atomic E-state index is 14.2. The van der Waals surface area contributed by atoms with Gasteiger partial charge in [0.15, 0.2) is 5.82 Å². The molecule has 8 heteroatoms. The van der Waals surface area contributed by atoms with Crippen molar-refractivity contribution < 1.29 is 14.0 Å². The number of benzene rings is 2. The minimum Gasteiger partial charge on any atom is -0.352 e. The van der Waals surface area contributed by atoms with Crippen molar-refractivity contribution in [1.82, 2.24) is 20.0 Å². The lowest BCUT2D eigenvalue weighted by Gasteiger charge is -2.36. The number of carbonyl (C=O) groups excluding carboxylic acids is 2. The smallest absolute Gasteiger partial charge is 0.257 e. The molecule has 1 aliphatic rings. The molecule has 7 nitrogen and oxygen atoms in total. The van der Waals surface area contributed by atoms with E-state index in [1.807, 2.05) is 57.2 Å². The summed E-state index contributed by atoms with van der Waals surface area (Å²) in [5.41, 5.74) is 3.02. The molecule has 0 aliphatic carbocycles. The molecule has 0 radical (unpaired) electrons. The number of hydrogen-bond acceptors (Lipinski definition) is 5. The van der Waals surface area contributed by atoms with Gasteiger partial charge in [-0.05, 0) is 37.1 Å². The Morgan fingerprint density at radius 2 is 1.64 bits per heavy atom. The van der Waals surface area contributed by atoms with E-state index in [9.17, 15) is 14.0 Å². The van der Waals surface area contributed by atoms with E-state index >= 15 is 0 Å². The molecule has 1 fully saturated rings. The Morgan fingerprint density at radius 3 is 2.25 bits per heavy atom. The quantitative estimate of drug-likeness (QED) is 0.501. The van der Waals surface area contributed by atoms with E-state index in [1.165, 1.54) is 22.6 Å². The number of hydrogen-bond donors (Lipinski definition) is 0. The maximum absolute atomic E-state index is 14.2. The van der Waals surface area contributed by atoms with Crippen molar-refractivity contribution in [2.24, 2.45) is 5.92 Å². The summed E-state index contributed by atoms with van der Waals surface area (Å²) >= 11 is 0. The van der Waals surface area contributed by atoms with E-state index < -0.39 is 11.7 Å². The third-order valence-electron chi connectivity index (χ3n) is 6.26. The van der Waals surface area contributed by atoms with Gasteiger partial charge in [0.1, 0.15) is 12.4 Å². The molecule has 1 saturated heterocycles. The van der Waals surface area contributed by atoms with Crippen molar-refractivity contribution in [2.45, 2.75) is 20.8 Å². The van der Waals surface area contributed by atoms with Gasteiger partial charge in [-0.2, -0.15) is 0 Å². The molecule has 2 heterocycles. The zero-order valence-corrected chi connectivity index (χ0v) is 21.0. The van der Waals surface area contributed by atoms with Gasteiger partial charge in [0.25, 0.3) is 5.91 Å². The van der Waals surface area contributed by atoms with Gasteiger partial charge in [-0.25, -0.2) is 4.39 Å². The summed E-state index contributed by atoms with van der Waals surface area (Å²) in [6, 6.07) is 18.0. The molecule has 0 atom stereocenters. The van der Waals surface area contributed by atoms with Crippen molar-refractivity contribution in [2.75, 3.05) is 44.2 Å². The summed E-state index contributed by atoms with van der Waals surface area (Å²) in [6.07, 6.45) is 0. The molecular formula is C28H32FN5O2. The fourth-order valence-corrected chi connectivity index (χ4v) is 4.29. The van der Waals surface area contributed by atoms with Crippen molar-refractivity contribution in [3.8, 4) is 11.3 Å². The predicted molar refractivity (Wildman–Crippen MR) is 138 cm³/mol. The molecule has 188 valence electrons. The van der Waals surface area contributed by atoms with Crippen LogP contribution in [0.2, 0.25) is 0 Å². The van der Waals surface area contributed by atoms with Crippen molar-refractivity contribution in [3.63, 3.8) is 0 Å². The van der Waals surface area contributed by atoms with Crippen molar-refractivity contribution in [3.05, 3.63) is 77.6 Å². The van der Waals surface area contributed by atoms with Gasteiger partial charge in [-0.15, -0.1) is 10.2 Å². The van der Waals surface area contributed by atoms with Gasteiger partial charge in [0.05, 0.1) is 11.3 Å². The van der Waals surface area contributed by atoms with E-state index in [4.69, 9.17) is 0 Å². The summed E-state index contributed by atoms with van der Waals surface area (Å²) in [4.78, 5) is 31.4. The maximum Gasteiger partial charge on any atom is 0.257 e. The fraction of sp³-hybridized carbons (Fsp3) is 0.357. The number of aryl methyl sites for hydroxylation is 1. The number of anilines is 1. The minimum atomic E-state index is -0.577. The second-order valence-corrected chi connectivity index (χ2v) is 9.57. The summed E-state index contributed by atoms with van der Waals surface area (Å²) < 4.78 is 14.2. The molecular weight excluding hydrogens is 457 g/mol. The predicted octanol–water partition coefficient (Wildman–Crippen LogP) is 4.04. The molecule has 36 heavy (non-hydrogen) atoms. The molecule has 0 saturated carbocycles. The highest BCUT2D eigenvalue weighted by atomic mass is 19.1. The number of nitrogens with zero attached hydrogens (tertiary/aromatic N) is 5. The number of piperazine rings is 1. The highest BCUT2D eigenvalue weighted by Gasteiger charge is 2.27. The Balaban J connectivity index is 1.36. The average molecular weight is 490 g/mol. The van der Waals surface area contributed by atoms with Crippen LogP contribution in [-0.2, 0) is 4.79 Å². The first-order valence-corrected chi connectivity index (χ1v) is 12.3. The number of aromatic nitrogens is 2. The van der Waals surface area contributed by atoms with Gasteiger partial charge < -0.3 is 14.7 Å². The highest BCUT2D eigenvalue weighted by Crippen LogP contribution is 2.20. The molecule has 2 amide bonds. The van der Waals surface area contributed by atoms with Gasteiger partial charge >= 0.3 is 0 Å². The summed E-state index contributed by atoms with van der Waals surface area (Å²) in [7, 11) is 0. The topological polar surface area (TPSA) is 69.6 Å². The van der Waals surface area contributed by atoms with Gasteiger partial charge in [0.2, 0.25) is 5.91 Å². The van der Waals surface area contributed by atoms with Gasteiger partial charge in [-0.3, -0.25) is 9.59 Å². The molecule has 2 aromatic carbocycles. The molecule has 1 aliphatic heterocycles. The molecule has 0 spiro atoms. The summed E-state index contributed by atoms with van der Waals surface area (Å²) in [6.45, 7) is 8.56. The van der Waals surface area contributed by atoms with E-state index in [-0.39, 0.29) is 23.9 Å². The van der Waals surface area contributed by atoms with E-state index in [2.05, 4.69) is 15.1 Å². The van der Waals surface area contributed by atoms with Crippen LogP contribution in [0, 0.1) is 18.7 Å². The zero-order valence-electron chi connectivity index (χ0n) is 21.0. The van der Waals surface area contributed by atoms with E-state index in [0.29, 0.717) is 32.7 Å². The van der Waals surface area contributed by atoms with Crippen LogP contribution in [0.25, 0.3) is 11.3 Å². The fourth-order valence-electron chi connectivity index (χ4n) is 4.29. The Morgan fingerprint density at radius 1 is 0.944 bits per heavy atom. The molecule has 0 N–H and O–H groups in total. The normalized spacial score (nSPS) is 13.7. The molecule has 1 aromatic heterocycles. The van der Waals surface area contributed by atoms with E-state index in [1.54, 1.807) is 17.0 Å². The number of rotatable bonds is 7. The van der Waals surface area contributed by atoms with Crippen LogP contribution in [0.5, 0.6) is 0 Å². The van der Waals surface area contributed by atoms with Crippen LogP contribution in [0.1, 0.15) is 29.8 Å². The Kier molecular flexibility index (Phi) is 7.93. The standard InChI is InChI=1S/C28H32FN5O2/c1-20(2)18-34(28(36)23-6-4-5-7-24(23)29)19-27(35)33-16-14-32(15-17-33)26-13-12-25(30-31-26)22-10-8-21(3)9-11-22/h4-13,20H,14-19H2,1-3H3. The molecule has 4 rings (SSSR count). The first-order valence-electron chi connectivity index (χ1n) is 12.3. The highest BCUT2D eigenvalue weighted by molar-refractivity contribution is 5.96. The largest absolute Gasteiger partial charge is 0.352 e. The second kappa shape index (κ2) is 11.3. The van der Waals surface area contributed by atoms with Crippen molar-refractivity contribution >= 4 is 17.6 Å². The minimum absolute atomic E-state index is 0.0107. The Labute approximate surface area is 211 Å². The molecule has 0 unspecified atom stereocenters. The average Bonchev–Trinajstić information content (AvgIpc) is 2.88. The van der Waals surface area contributed by atoms with Crippen LogP contribution in [0.15, 0.2) is 60.7 Å². The lowest BCUT2D eigenvalue weighted by molar-refractivity contribution is -0.132. The van der Waals surface area contributed by atoms with Gasteiger partial charge in [0, 0.05) is 38.3 Å².